The Hall–Kier alpha value is -1.58. The molecule has 1 aromatic rings. The Morgan fingerprint density at radius 2 is 1.48 bits per heavy atom. The van der Waals surface area contributed by atoms with Gasteiger partial charge in [0.15, 0.2) is 0 Å². The van der Waals surface area contributed by atoms with E-state index in [1.165, 1.54) is 0 Å². The monoisotopic (exact) mass is 321 g/mol. The third-order valence-electron chi connectivity index (χ3n) is 4.53. The van der Waals surface area contributed by atoms with Gasteiger partial charge in [0.1, 0.15) is 5.75 Å². The molecule has 23 heavy (non-hydrogen) atoms. The fourth-order valence-electron chi connectivity index (χ4n) is 3.02. The molecule has 0 fully saturated rings. The van der Waals surface area contributed by atoms with Crippen molar-refractivity contribution in [1.82, 2.24) is 0 Å². The number of aromatic hydroxyl groups is 1. The molecule has 0 amide bonds. The molecule has 2 unspecified atom stereocenters. The van der Waals surface area contributed by atoms with E-state index in [-0.39, 0.29) is 21.7 Å². The summed E-state index contributed by atoms with van der Waals surface area (Å²) in [6.45, 7) is 15.9. The standard InChI is InChI=1S/C19H31NO3/c1-9-14(12(2)20(22)23)13-10-15(18(3,4)5)17(21)16(11-13)19(6,7)8/h10-12,14,21H,9H2,1-8H3. The van der Waals surface area contributed by atoms with Crippen LogP contribution in [-0.2, 0) is 10.8 Å². The van der Waals surface area contributed by atoms with E-state index >= 15 is 0 Å². The number of rotatable bonds is 4. The maximum absolute atomic E-state index is 11.3. The van der Waals surface area contributed by atoms with Crippen LogP contribution in [0.25, 0.3) is 0 Å². The molecule has 1 N–H and O–H groups in total. The van der Waals surface area contributed by atoms with Crippen LogP contribution >= 0.6 is 0 Å². The molecule has 1 aromatic carbocycles. The minimum Gasteiger partial charge on any atom is -0.507 e. The first-order chi connectivity index (χ1) is 10.3. The highest BCUT2D eigenvalue weighted by atomic mass is 16.6. The van der Waals surface area contributed by atoms with Crippen LogP contribution in [0.4, 0.5) is 0 Å². The van der Waals surface area contributed by atoms with Crippen molar-refractivity contribution in [2.24, 2.45) is 0 Å². The SMILES string of the molecule is CCC(c1cc(C(C)(C)C)c(O)c(C(C)(C)C)c1)C(C)[N+](=O)[O-]. The Bertz CT molecular complexity index is 544. The number of nitrogens with zero attached hydrogens (tertiary/aromatic N) is 1. The van der Waals surface area contributed by atoms with E-state index in [0.717, 1.165) is 16.7 Å². The van der Waals surface area contributed by atoms with Crippen LogP contribution < -0.4 is 0 Å². The summed E-state index contributed by atoms with van der Waals surface area (Å²) < 4.78 is 0. The molecule has 4 heteroatoms. The molecule has 0 radical (unpaired) electrons. The second-order valence-corrected chi connectivity index (χ2v) is 8.51. The molecule has 0 saturated heterocycles. The van der Waals surface area contributed by atoms with Gasteiger partial charge in [0.05, 0.1) is 5.92 Å². The van der Waals surface area contributed by atoms with E-state index < -0.39 is 6.04 Å². The molecule has 0 bridgehead atoms. The maximum Gasteiger partial charge on any atom is 0.217 e. The number of nitro groups is 1. The van der Waals surface area contributed by atoms with Crippen molar-refractivity contribution in [3.05, 3.63) is 38.9 Å². The van der Waals surface area contributed by atoms with Gasteiger partial charge in [-0.2, -0.15) is 0 Å². The summed E-state index contributed by atoms with van der Waals surface area (Å²) in [6, 6.07) is 3.27. The molecule has 2 atom stereocenters. The van der Waals surface area contributed by atoms with Crippen LogP contribution in [0.15, 0.2) is 12.1 Å². The minimum atomic E-state index is -0.648. The molecule has 4 nitrogen and oxygen atoms in total. The van der Waals surface area contributed by atoms with Crippen molar-refractivity contribution in [3.8, 4) is 5.75 Å². The van der Waals surface area contributed by atoms with Gasteiger partial charge in [-0.25, -0.2) is 0 Å². The van der Waals surface area contributed by atoms with Crippen LogP contribution in [-0.4, -0.2) is 16.1 Å². The van der Waals surface area contributed by atoms with Crippen LogP contribution in [0.2, 0.25) is 0 Å². The molecule has 1 rings (SSSR count). The lowest BCUT2D eigenvalue weighted by molar-refractivity contribution is -0.522. The van der Waals surface area contributed by atoms with Gasteiger partial charge in [-0.3, -0.25) is 10.1 Å². The molecular formula is C19H31NO3. The molecule has 130 valence electrons. The summed E-state index contributed by atoms with van der Waals surface area (Å²) in [4.78, 5) is 11.0. The predicted octanol–water partition coefficient (Wildman–Crippen LogP) is 5.15. The highest BCUT2D eigenvalue weighted by Gasteiger charge is 2.32. The first kappa shape index (κ1) is 19.5. The summed E-state index contributed by atoms with van der Waals surface area (Å²) in [5, 5.41) is 22.0. The Morgan fingerprint density at radius 1 is 1.09 bits per heavy atom. The van der Waals surface area contributed by atoms with Crippen molar-refractivity contribution in [2.45, 2.75) is 84.6 Å². The highest BCUT2D eigenvalue weighted by Crippen LogP contribution is 2.42. The Balaban J connectivity index is 3.64. The van der Waals surface area contributed by atoms with Gasteiger partial charge in [-0.15, -0.1) is 0 Å². The van der Waals surface area contributed by atoms with Gasteiger partial charge in [0, 0.05) is 11.8 Å². The second-order valence-electron chi connectivity index (χ2n) is 8.51. The lowest BCUT2D eigenvalue weighted by atomic mass is 9.76. The predicted molar refractivity (Wildman–Crippen MR) is 95.0 cm³/mol. The summed E-state index contributed by atoms with van der Waals surface area (Å²) in [5.41, 5.74) is 2.21. The summed E-state index contributed by atoms with van der Waals surface area (Å²) in [6.07, 6.45) is 0.695. The molecule has 0 aliphatic rings. The van der Waals surface area contributed by atoms with Crippen LogP contribution in [0, 0.1) is 10.1 Å². The third-order valence-corrected chi connectivity index (χ3v) is 4.53. The first-order valence-electron chi connectivity index (χ1n) is 8.32. The van der Waals surface area contributed by atoms with Gasteiger partial charge in [-0.1, -0.05) is 60.6 Å². The maximum atomic E-state index is 11.3. The zero-order chi connectivity index (χ0) is 18.2. The number of phenolic OH excluding ortho intramolecular Hbond substituents is 1. The number of hydrogen-bond donors (Lipinski definition) is 1. The van der Waals surface area contributed by atoms with E-state index in [2.05, 4.69) is 41.5 Å². The van der Waals surface area contributed by atoms with Crippen molar-refractivity contribution < 1.29 is 10.0 Å². The average molecular weight is 321 g/mol. The molecular weight excluding hydrogens is 290 g/mol. The first-order valence-corrected chi connectivity index (χ1v) is 8.32. The summed E-state index contributed by atoms with van der Waals surface area (Å²) in [5.74, 6) is 0.158. The Kier molecular flexibility index (Phi) is 5.50. The molecule has 0 aliphatic carbocycles. The number of benzene rings is 1. The van der Waals surface area contributed by atoms with Crippen molar-refractivity contribution in [2.75, 3.05) is 0 Å². The lowest BCUT2D eigenvalue weighted by Gasteiger charge is -2.30. The largest absolute Gasteiger partial charge is 0.507 e. The van der Waals surface area contributed by atoms with Crippen molar-refractivity contribution in [3.63, 3.8) is 0 Å². The molecule has 0 aromatic heterocycles. The van der Waals surface area contributed by atoms with E-state index in [0.29, 0.717) is 12.2 Å². The zero-order valence-corrected chi connectivity index (χ0v) is 15.7. The van der Waals surface area contributed by atoms with E-state index in [1.54, 1.807) is 6.92 Å². The van der Waals surface area contributed by atoms with E-state index in [4.69, 9.17) is 0 Å². The molecule has 0 spiro atoms. The van der Waals surface area contributed by atoms with Crippen LogP contribution in [0.3, 0.4) is 0 Å². The Labute approximate surface area is 140 Å². The summed E-state index contributed by atoms with van der Waals surface area (Å²) in [7, 11) is 0. The van der Waals surface area contributed by atoms with Gasteiger partial charge in [-0.05, 0) is 33.9 Å². The third kappa shape index (κ3) is 4.24. The van der Waals surface area contributed by atoms with E-state index in [1.807, 2.05) is 19.1 Å². The number of phenols is 1. The van der Waals surface area contributed by atoms with Gasteiger partial charge in [0.2, 0.25) is 6.04 Å². The molecule has 0 heterocycles. The average Bonchev–Trinajstić information content (AvgIpc) is 2.37. The van der Waals surface area contributed by atoms with Gasteiger partial charge >= 0.3 is 0 Å². The fourth-order valence-corrected chi connectivity index (χ4v) is 3.02. The number of hydrogen-bond acceptors (Lipinski definition) is 3. The topological polar surface area (TPSA) is 63.4 Å². The summed E-state index contributed by atoms with van der Waals surface area (Å²) >= 11 is 0. The van der Waals surface area contributed by atoms with Gasteiger partial charge < -0.3 is 5.11 Å². The quantitative estimate of drug-likeness (QED) is 0.616. The minimum absolute atomic E-state index is 0.159. The highest BCUT2D eigenvalue weighted by molar-refractivity contribution is 5.50. The van der Waals surface area contributed by atoms with Crippen LogP contribution in [0.1, 0.15) is 84.4 Å². The Morgan fingerprint density at radius 3 is 1.74 bits per heavy atom. The van der Waals surface area contributed by atoms with Gasteiger partial charge in [0.25, 0.3) is 0 Å². The van der Waals surface area contributed by atoms with Crippen molar-refractivity contribution >= 4 is 0 Å². The molecule has 0 aliphatic heterocycles. The lowest BCUT2D eigenvalue weighted by Crippen LogP contribution is -2.25. The normalized spacial score (nSPS) is 15.3. The second kappa shape index (κ2) is 6.50. The fraction of sp³-hybridized carbons (Fsp3) is 0.684. The van der Waals surface area contributed by atoms with Crippen LogP contribution in [0.5, 0.6) is 5.75 Å². The zero-order valence-electron chi connectivity index (χ0n) is 15.7. The molecule has 0 saturated carbocycles. The smallest absolute Gasteiger partial charge is 0.217 e. The van der Waals surface area contributed by atoms with E-state index in [9.17, 15) is 15.2 Å². The van der Waals surface area contributed by atoms with Crippen molar-refractivity contribution in [1.29, 1.82) is 0 Å².